The second-order valence-corrected chi connectivity index (χ2v) is 2.71. The van der Waals surface area contributed by atoms with Crippen LogP contribution in [0.25, 0.3) is 0 Å². The zero-order valence-electron chi connectivity index (χ0n) is 5.57. The zero-order valence-corrected chi connectivity index (χ0v) is 6.39. The maximum Gasteiger partial charge on any atom is 0.361 e. The van der Waals surface area contributed by atoms with Crippen LogP contribution in [-0.4, -0.2) is 32.2 Å². The summed E-state index contributed by atoms with van der Waals surface area (Å²) in [5, 5.41) is 9.09. The van der Waals surface area contributed by atoms with Crippen LogP contribution in [0.15, 0.2) is 4.79 Å². The Bertz CT molecular complexity index is 241. The van der Waals surface area contributed by atoms with E-state index in [9.17, 15) is 4.79 Å². The van der Waals surface area contributed by atoms with E-state index >= 15 is 0 Å². The predicted molar refractivity (Wildman–Crippen MR) is 39.0 cm³/mol. The average Bonchev–Trinajstić information content (AvgIpc) is 2.31. The monoisotopic (exact) mass is 160 g/mol. The van der Waals surface area contributed by atoms with Gasteiger partial charge in [0.25, 0.3) is 0 Å². The standard InChI is InChI=1S/C4H8N4OS/c1-10-3-2-8-4(9)5-6-7-8/h2-3H2,1H3,(H,5,7,9). The van der Waals surface area contributed by atoms with Crippen molar-refractivity contribution in [2.45, 2.75) is 6.54 Å². The number of H-pyrrole nitrogens is 1. The van der Waals surface area contributed by atoms with Crippen molar-refractivity contribution in [1.82, 2.24) is 20.2 Å². The first kappa shape index (κ1) is 7.33. The van der Waals surface area contributed by atoms with Crippen molar-refractivity contribution >= 4 is 11.8 Å². The van der Waals surface area contributed by atoms with Crippen LogP contribution < -0.4 is 5.69 Å². The molecule has 1 aromatic rings. The molecule has 10 heavy (non-hydrogen) atoms. The molecule has 0 aliphatic rings. The normalized spacial score (nSPS) is 10.1. The van der Waals surface area contributed by atoms with Crippen molar-refractivity contribution < 1.29 is 0 Å². The fourth-order valence-corrected chi connectivity index (χ4v) is 0.897. The number of nitrogens with one attached hydrogen (secondary N) is 1. The van der Waals surface area contributed by atoms with Gasteiger partial charge in [-0.15, -0.1) is 0 Å². The smallest absolute Gasteiger partial charge is 0.245 e. The number of nitrogens with zero attached hydrogens (tertiary/aromatic N) is 3. The molecule has 0 unspecified atom stereocenters. The first-order valence-electron chi connectivity index (χ1n) is 2.81. The molecule has 0 fully saturated rings. The highest BCUT2D eigenvalue weighted by atomic mass is 32.2. The lowest BCUT2D eigenvalue weighted by Gasteiger charge is -1.92. The third-order valence-electron chi connectivity index (χ3n) is 1.04. The molecule has 6 heteroatoms. The van der Waals surface area contributed by atoms with Gasteiger partial charge in [0.2, 0.25) is 0 Å². The van der Waals surface area contributed by atoms with Gasteiger partial charge in [-0.25, -0.2) is 9.89 Å². The SMILES string of the molecule is CSCCn1nn[nH]c1=O. The van der Waals surface area contributed by atoms with E-state index in [2.05, 4.69) is 15.5 Å². The number of aromatic amines is 1. The molecule has 5 nitrogen and oxygen atoms in total. The van der Waals surface area contributed by atoms with Crippen molar-refractivity contribution in [1.29, 1.82) is 0 Å². The summed E-state index contributed by atoms with van der Waals surface area (Å²) in [7, 11) is 0. The van der Waals surface area contributed by atoms with Crippen LogP contribution in [0.2, 0.25) is 0 Å². The molecule has 1 heterocycles. The second kappa shape index (κ2) is 3.40. The summed E-state index contributed by atoms with van der Waals surface area (Å²) in [5.41, 5.74) is -0.242. The molecule has 1 aromatic heterocycles. The third kappa shape index (κ3) is 1.60. The molecule has 0 saturated heterocycles. The molecule has 0 amide bonds. The largest absolute Gasteiger partial charge is 0.361 e. The van der Waals surface area contributed by atoms with Gasteiger partial charge in [0.05, 0.1) is 6.54 Å². The minimum Gasteiger partial charge on any atom is -0.245 e. The third-order valence-corrected chi connectivity index (χ3v) is 1.63. The molecule has 0 atom stereocenters. The van der Waals surface area contributed by atoms with Gasteiger partial charge < -0.3 is 0 Å². The summed E-state index contributed by atoms with van der Waals surface area (Å²) < 4.78 is 1.30. The van der Waals surface area contributed by atoms with Gasteiger partial charge >= 0.3 is 5.69 Å². The summed E-state index contributed by atoms with van der Waals surface area (Å²) >= 11 is 1.67. The van der Waals surface area contributed by atoms with E-state index in [1.165, 1.54) is 4.68 Å². The Morgan fingerprint density at radius 3 is 3.10 bits per heavy atom. The van der Waals surface area contributed by atoms with Crippen molar-refractivity contribution in [2.75, 3.05) is 12.0 Å². The first-order valence-corrected chi connectivity index (χ1v) is 4.21. The lowest BCUT2D eigenvalue weighted by molar-refractivity contribution is 0.615. The first-order chi connectivity index (χ1) is 4.84. The van der Waals surface area contributed by atoms with Gasteiger partial charge in [-0.1, -0.05) is 0 Å². The van der Waals surface area contributed by atoms with Crippen LogP contribution in [0, 0.1) is 0 Å². The summed E-state index contributed by atoms with van der Waals surface area (Å²) in [6.07, 6.45) is 1.98. The highest BCUT2D eigenvalue weighted by Crippen LogP contribution is 1.89. The van der Waals surface area contributed by atoms with Crippen molar-refractivity contribution in [3.8, 4) is 0 Å². The molecule has 0 saturated carbocycles. The van der Waals surface area contributed by atoms with Gasteiger partial charge in [-0.05, 0) is 16.7 Å². The van der Waals surface area contributed by atoms with Crippen LogP contribution in [0.4, 0.5) is 0 Å². The highest BCUT2D eigenvalue weighted by molar-refractivity contribution is 7.98. The fraction of sp³-hybridized carbons (Fsp3) is 0.750. The van der Waals surface area contributed by atoms with Crippen molar-refractivity contribution in [2.24, 2.45) is 0 Å². The number of tetrazole rings is 1. The van der Waals surface area contributed by atoms with E-state index in [-0.39, 0.29) is 5.69 Å². The second-order valence-electron chi connectivity index (χ2n) is 1.72. The lowest BCUT2D eigenvalue weighted by Crippen LogP contribution is -2.19. The maximum absolute atomic E-state index is 10.7. The van der Waals surface area contributed by atoms with E-state index in [0.29, 0.717) is 6.54 Å². The number of aromatic nitrogens is 4. The number of rotatable bonds is 3. The van der Waals surface area contributed by atoms with Crippen molar-refractivity contribution in [3.63, 3.8) is 0 Å². The molecule has 56 valence electrons. The number of thioether (sulfide) groups is 1. The van der Waals surface area contributed by atoms with Crippen LogP contribution in [0.5, 0.6) is 0 Å². The number of aryl methyl sites for hydroxylation is 1. The van der Waals surface area contributed by atoms with Crippen LogP contribution in [-0.2, 0) is 6.54 Å². The van der Waals surface area contributed by atoms with Crippen LogP contribution in [0.1, 0.15) is 0 Å². The van der Waals surface area contributed by atoms with E-state index in [4.69, 9.17) is 0 Å². The van der Waals surface area contributed by atoms with Crippen molar-refractivity contribution in [3.05, 3.63) is 10.5 Å². The zero-order chi connectivity index (χ0) is 7.40. The minimum atomic E-state index is -0.242. The minimum absolute atomic E-state index is 0.242. The van der Waals surface area contributed by atoms with Gasteiger partial charge in [0, 0.05) is 5.75 Å². The van der Waals surface area contributed by atoms with E-state index in [1.807, 2.05) is 6.26 Å². The number of hydrogen-bond acceptors (Lipinski definition) is 4. The Kier molecular flexibility index (Phi) is 2.49. The summed E-state index contributed by atoms with van der Waals surface area (Å²) in [4.78, 5) is 10.7. The summed E-state index contributed by atoms with van der Waals surface area (Å²) in [6, 6.07) is 0. The number of hydrogen-bond donors (Lipinski definition) is 1. The molecule has 0 radical (unpaired) electrons. The molecule has 1 N–H and O–H groups in total. The average molecular weight is 160 g/mol. The molecular weight excluding hydrogens is 152 g/mol. The molecule has 1 rings (SSSR count). The maximum atomic E-state index is 10.7. The Morgan fingerprint density at radius 1 is 1.80 bits per heavy atom. The van der Waals surface area contributed by atoms with Crippen LogP contribution >= 0.6 is 11.8 Å². The molecule has 0 aromatic carbocycles. The van der Waals surface area contributed by atoms with Gasteiger partial charge in [-0.3, -0.25) is 0 Å². The summed E-state index contributed by atoms with van der Waals surface area (Å²) in [6.45, 7) is 0.622. The quantitative estimate of drug-likeness (QED) is 0.637. The molecular formula is C4H8N4OS. The Morgan fingerprint density at radius 2 is 2.60 bits per heavy atom. The molecule has 0 aliphatic carbocycles. The van der Waals surface area contributed by atoms with Gasteiger partial charge in [0.15, 0.2) is 0 Å². The Labute approximate surface area is 61.8 Å². The van der Waals surface area contributed by atoms with E-state index in [0.717, 1.165) is 5.75 Å². The van der Waals surface area contributed by atoms with Crippen LogP contribution in [0.3, 0.4) is 0 Å². The molecule has 0 aliphatic heterocycles. The Balaban J connectivity index is 2.57. The molecule has 0 bridgehead atoms. The Hall–Kier alpha value is -0.780. The highest BCUT2D eigenvalue weighted by Gasteiger charge is 1.95. The van der Waals surface area contributed by atoms with E-state index in [1.54, 1.807) is 11.8 Å². The van der Waals surface area contributed by atoms with E-state index < -0.39 is 0 Å². The molecule has 0 spiro atoms. The fourth-order valence-electron chi connectivity index (χ4n) is 0.541. The topological polar surface area (TPSA) is 63.6 Å². The predicted octanol–water partition coefficient (Wildman–Crippen LogP) is -0.671. The summed E-state index contributed by atoms with van der Waals surface area (Å²) in [5.74, 6) is 0.881. The van der Waals surface area contributed by atoms with Gasteiger partial charge in [0.1, 0.15) is 0 Å². The van der Waals surface area contributed by atoms with Gasteiger partial charge in [-0.2, -0.15) is 16.4 Å². The lowest BCUT2D eigenvalue weighted by atomic mass is 10.8.